The highest BCUT2D eigenvalue weighted by Crippen LogP contribution is 2.38. The number of methoxy groups -OCH3 is 1. The Labute approximate surface area is 226 Å². The van der Waals surface area contributed by atoms with Crippen molar-refractivity contribution in [1.29, 1.82) is 0 Å². The van der Waals surface area contributed by atoms with E-state index in [0.717, 1.165) is 15.6 Å². The molecule has 2 aromatic carbocycles. The van der Waals surface area contributed by atoms with Crippen LogP contribution in [0.2, 0.25) is 0 Å². The third kappa shape index (κ3) is 6.19. The van der Waals surface area contributed by atoms with Crippen molar-refractivity contribution < 1.29 is 32.5 Å². The fourth-order valence-electron chi connectivity index (χ4n) is 4.28. The van der Waals surface area contributed by atoms with Crippen LogP contribution in [-0.2, 0) is 24.3 Å². The zero-order valence-corrected chi connectivity index (χ0v) is 23.2. The van der Waals surface area contributed by atoms with E-state index in [-0.39, 0.29) is 48.8 Å². The van der Waals surface area contributed by atoms with Gasteiger partial charge in [-0.1, -0.05) is 18.2 Å². The maximum atomic E-state index is 13.2. The van der Waals surface area contributed by atoms with Gasteiger partial charge in [-0.3, -0.25) is 4.79 Å². The molecule has 3 aromatic rings. The first-order valence-electron chi connectivity index (χ1n) is 12.2. The average molecular weight is 561 g/mol. The van der Waals surface area contributed by atoms with Gasteiger partial charge in [-0.15, -0.1) is 11.3 Å². The van der Waals surface area contributed by atoms with Gasteiger partial charge in [-0.05, 0) is 52.7 Å². The summed E-state index contributed by atoms with van der Waals surface area (Å²) in [6, 6.07) is 14.2. The highest BCUT2D eigenvalue weighted by atomic mass is 32.2. The first kappa shape index (κ1) is 28.1. The summed E-state index contributed by atoms with van der Waals surface area (Å²) < 4.78 is 45.7. The van der Waals surface area contributed by atoms with Gasteiger partial charge in [0.25, 0.3) is 5.91 Å². The zero-order chi connectivity index (χ0) is 27.3. The number of carbonyl (C=O) groups excluding carboxylic acids is 1. The van der Waals surface area contributed by atoms with E-state index < -0.39 is 16.3 Å². The lowest BCUT2D eigenvalue weighted by molar-refractivity contribution is -0.151. The summed E-state index contributed by atoms with van der Waals surface area (Å²) in [5.41, 5.74) is 1.09. The molecule has 11 heteroatoms. The summed E-state index contributed by atoms with van der Waals surface area (Å²) in [6.45, 7) is -0.411. The molecule has 1 amide bonds. The number of nitrogens with zero attached hydrogens (tertiary/aromatic N) is 2. The predicted octanol–water partition coefficient (Wildman–Crippen LogP) is 3.41. The molecule has 204 valence electrons. The largest absolute Gasteiger partial charge is 0.497 e. The van der Waals surface area contributed by atoms with E-state index in [1.54, 1.807) is 37.6 Å². The Balaban J connectivity index is 1.49. The van der Waals surface area contributed by atoms with Gasteiger partial charge in [0.2, 0.25) is 16.3 Å². The molecule has 2 atom stereocenters. The molecule has 0 fully saturated rings. The number of aliphatic hydroxyl groups is 1. The molecule has 4 rings (SSSR count). The number of likely N-dealkylation sites (N-methyl/N-ethyl adjacent to an activating group) is 1. The maximum Gasteiger partial charge on any atom is 0.288 e. The summed E-state index contributed by atoms with van der Waals surface area (Å²) in [5, 5.41) is 12.7. The molecule has 0 saturated heterocycles. The van der Waals surface area contributed by atoms with Gasteiger partial charge in [0, 0.05) is 44.2 Å². The molecule has 0 radical (unpaired) electrons. The molecular weight excluding hydrogens is 528 g/mol. The SMILES string of the molecule is COc1ccc(S(=O)(=O)N(CCO)CCO[C@H]2C[C@@H](c3csc4ccccc34)C=C(C(=O)N(C)C)O2)cc1. The summed E-state index contributed by atoms with van der Waals surface area (Å²) in [7, 11) is 0.944. The number of aliphatic hydroxyl groups excluding tert-OH is 1. The van der Waals surface area contributed by atoms with Crippen LogP contribution < -0.4 is 4.74 Å². The van der Waals surface area contributed by atoms with E-state index >= 15 is 0 Å². The van der Waals surface area contributed by atoms with E-state index in [2.05, 4.69) is 17.5 Å². The first-order chi connectivity index (χ1) is 18.2. The van der Waals surface area contributed by atoms with Crippen molar-refractivity contribution in [2.45, 2.75) is 23.5 Å². The van der Waals surface area contributed by atoms with Crippen LogP contribution in [0.15, 0.2) is 70.6 Å². The second-order valence-electron chi connectivity index (χ2n) is 8.98. The van der Waals surface area contributed by atoms with Crippen molar-refractivity contribution in [2.24, 2.45) is 0 Å². The third-order valence-electron chi connectivity index (χ3n) is 6.28. The molecule has 1 aromatic heterocycles. The molecule has 0 unspecified atom stereocenters. The lowest BCUT2D eigenvalue weighted by Crippen LogP contribution is -2.38. The second-order valence-corrected chi connectivity index (χ2v) is 11.8. The molecule has 0 saturated carbocycles. The van der Waals surface area contributed by atoms with Crippen molar-refractivity contribution in [1.82, 2.24) is 9.21 Å². The Bertz CT molecular complexity index is 1380. The molecule has 1 aliphatic heterocycles. The van der Waals surface area contributed by atoms with Crippen molar-refractivity contribution in [3.8, 4) is 5.75 Å². The van der Waals surface area contributed by atoms with Crippen molar-refractivity contribution in [2.75, 3.05) is 47.5 Å². The fraction of sp³-hybridized carbons (Fsp3) is 0.370. The normalized spacial score (nSPS) is 17.8. The molecule has 38 heavy (non-hydrogen) atoms. The standard InChI is InChI=1S/C27H32N2O7S2/c1-28(2)27(31)24-16-19(23-18-37-25-7-5-4-6-22(23)25)17-26(36-24)35-15-13-29(12-14-30)38(32,33)21-10-8-20(34-3)9-11-21/h4-11,16,18-19,26,30H,12-15,17H2,1-3H3/t19-,26+/m0/s1. The lowest BCUT2D eigenvalue weighted by Gasteiger charge is -2.30. The molecule has 0 spiro atoms. The van der Waals surface area contributed by atoms with Crippen molar-refractivity contribution in [3.05, 3.63) is 71.3 Å². The average Bonchev–Trinajstić information content (AvgIpc) is 3.36. The smallest absolute Gasteiger partial charge is 0.288 e. The van der Waals surface area contributed by atoms with Crippen LogP contribution >= 0.6 is 11.3 Å². The molecule has 0 aliphatic carbocycles. The molecule has 1 N–H and O–H groups in total. The lowest BCUT2D eigenvalue weighted by atomic mass is 9.92. The third-order valence-corrected chi connectivity index (χ3v) is 9.17. The number of amides is 1. The van der Waals surface area contributed by atoms with Gasteiger partial charge >= 0.3 is 0 Å². The number of ether oxygens (including phenoxy) is 3. The van der Waals surface area contributed by atoms with Gasteiger partial charge in [0.15, 0.2) is 5.76 Å². The number of benzene rings is 2. The number of carbonyl (C=O) groups is 1. The van der Waals surface area contributed by atoms with Gasteiger partial charge < -0.3 is 24.2 Å². The number of sulfonamides is 1. The van der Waals surface area contributed by atoms with E-state index in [9.17, 15) is 18.3 Å². The summed E-state index contributed by atoms with van der Waals surface area (Å²) in [4.78, 5) is 14.3. The Kier molecular flexibility index (Phi) is 9.06. The first-order valence-corrected chi connectivity index (χ1v) is 14.5. The summed E-state index contributed by atoms with van der Waals surface area (Å²) in [6.07, 6.45) is 1.56. The van der Waals surface area contributed by atoms with Gasteiger partial charge in [-0.25, -0.2) is 8.42 Å². The number of allylic oxidation sites excluding steroid dienone is 1. The summed E-state index contributed by atoms with van der Waals surface area (Å²) in [5.74, 6) is 0.358. The highest BCUT2D eigenvalue weighted by molar-refractivity contribution is 7.89. The van der Waals surface area contributed by atoms with E-state index in [0.29, 0.717) is 12.2 Å². The monoisotopic (exact) mass is 560 g/mol. The Morgan fingerprint density at radius 3 is 2.55 bits per heavy atom. The zero-order valence-electron chi connectivity index (χ0n) is 21.6. The number of hydrogen-bond donors (Lipinski definition) is 1. The number of fused-ring (bicyclic) bond motifs is 1. The minimum atomic E-state index is -3.87. The van der Waals surface area contributed by atoms with Crippen LogP contribution in [0.3, 0.4) is 0 Å². The van der Waals surface area contributed by atoms with Gasteiger partial charge in [0.1, 0.15) is 5.75 Å². The molecule has 9 nitrogen and oxygen atoms in total. The van der Waals surface area contributed by atoms with Crippen LogP contribution in [-0.4, -0.2) is 82.4 Å². The highest BCUT2D eigenvalue weighted by Gasteiger charge is 2.31. The molecule has 1 aliphatic rings. The molecule has 0 bridgehead atoms. The molecular formula is C27H32N2O7S2. The van der Waals surface area contributed by atoms with Gasteiger partial charge in [-0.2, -0.15) is 4.31 Å². The maximum absolute atomic E-state index is 13.2. The number of hydrogen-bond acceptors (Lipinski definition) is 8. The fourth-order valence-corrected chi connectivity index (χ4v) is 6.72. The minimum Gasteiger partial charge on any atom is -0.497 e. The van der Waals surface area contributed by atoms with Crippen LogP contribution in [0.5, 0.6) is 5.75 Å². The quantitative estimate of drug-likeness (QED) is 0.383. The van der Waals surface area contributed by atoms with Gasteiger partial charge in [0.05, 0.1) is 25.2 Å². The Hall–Kier alpha value is -2.96. The van der Waals surface area contributed by atoms with E-state index in [4.69, 9.17) is 14.2 Å². The van der Waals surface area contributed by atoms with E-state index in [1.165, 1.54) is 28.4 Å². The number of rotatable bonds is 11. The number of thiophene rings is 1. The Morgan fingerprint density at radius 1 is 1.13 bits per heavy atom. The minimum absolute atomic E-state index is 0.00149. The molecule has 2 heterocycles. The van der Waals surface area contributed by atoms with Crippen molar-refractivity contribution >= 4 is 37.4 Å². The van der Waals surface area contributed by atoms with Crippen LogP contribution in [0.25, 0.3) is 10.1 Å². The van der Waals surface area contributed by atoms with E-state index in [1.807, 2.05) is 18.2 Å². The van der Waals surface area contributed by atoms with Crippen LogP contribution in [0, 0.1) is 0 Å². The second kappa shape index (κ2) is 12.3. The Morgan fingerprint density at radius 2 is 1.87 bits per heavy atom. The van der Waals surface area contributed by atoms with Crippen LogP contribution in [0.1, 0.15) is 17.9 Å². The summed E-state index contributed by atoms with van der Waals surface area (Å²) >= 11 is 1.64. The van der Waals surface area contributed by atoms with Crippen molar-refractivity contribution in [3.63, 3.8) is 0 Å². The van der Waals surface area contributed by atoms with Crippen LogP contribution in [0.4, 0.5) is 0 Å². The topological polar surface area (TPSA) is 106 Å². The predicted molar refractivity (Wildman–Crippen MR) is 146 cm³/mol.